The van der Waals surface area contributed by atoms with E-state index in [4.69, 9.17) is 14.6 Å². The molecular weight excluding hydrogens is 458 g/mol. The van der Waals surface area contributed by atoms with Gasteiger partial charge in [0.25, 0.3) is 0 Å². The lowest BCUT2D eigenvalue weighted by Gasteiger charge is -2.35. The third-order valence-corrected chi connectivity index (χ3v) is 5.17. The summed E-state index contributed by atoms with van der Waals surface area (Å²) in [5.41, 5.74) is -2.01. The second-order valence-electron chi connectivity index (χ2n) is 9.09. The van der Waals surface area contributed by atoms with Gasteiger partial charge in [-0.1, -0.05) is 30.3 Å². The first-order valence-corrected chi connectivity index (χ1v) is 11.3. The molecule has 2 atom stereocenters. The van der Waals surface area contributed by atoms with E-state index in [1.807, 2.05) is 18.2 Å². The lowest BCUT2D eigenvalue weighted by molar-refractivity contribution is -0.153. The van der Waals surface area contributed by atoms with E-state index in [9.17, 15) is 24.3 Å². The number of aliphatic hydroxyl groups is 2. The Morgan fingerprint density at radius 1 is 1.06 bits per heavy atom. The number of likely N-dealkylation sites (tertiary alicyclic amines) is 1. The van der Waals surface area contributed by atoms with Crippen LogP contribution in [0.2, 0.25) is 0 Å². The van der Waals surface area contributed by atoms with Crippen LogP contribution >= 0.6 is 0 Å². The van der Waals surface area contributed by atoms with Gasteiger partial charge in [-0.15, -0.1) is 0 Å². The highest BCUT2D eigenvalue weighted by molar-refractivity contribution is 5.97. The van der Waals surface area contributed by atoms with Gasteiger partial charge >= 0.3 is 12.1 Å². The minimum absolute atomic E-state index is 0.0422. The number of β-amino-alcohol motifs (C(OH)–C–C–N with tert-alkyl or cyclic N) is 1. The Bertz CT molecular complexity index is 873. The fourth-order valence-corrected chi connectivity index (χ4v) is 3.32. The number of amides is 3. The highest BCUT2D eigenvalue weighted by Gasteiger charge is 2.46. The van der Waals surface area contributed by atoms with Gasteiger partial charge in [-0.3, -0.25) is 9.59 Å². The van der Waals surface area contributed by atoms with Crippen LogP contribution in [0, 0.1) is 0 Å². The second-order valence-corrected chi connectivity index (χ2v) is 9.09. The van der Waals surface area contributed by atoms with Crippen LogP contribution in [-0.2, 0) is 30.5 Å². The summed E-state index contributed by atoms with van der Waals surface area (Å²) >= 11 is 0. The van der Waals surface area contributed by atoms with Gasteiger partial charge in [-0.2, -0.15) is 0 Å². The smallest absolute Gasteiger partial charge is 0.408 e. The van der Waals surface area contributed by atoms with Crippen LogP contribution in [0.3, 0.4) is 0 Å². The van der Waals surface area contributed by atoms with Crippen molar-refractivity contribution in [1.82, 2.24) is 15.5 Å². The van der Waals surface area contributed by atoms with Crippen LogP contribution in [0.1, 0.15) is 46.6 Å². The number of hydrogen-bond acceptors (Lipinski definition) is 8. The quantitative estimate of drug-likeness (QED) is 0.404. The van der Waals surface area contributed by atoms with Crippen LogP contribution in [0.15, 0.2) is 30.3 Å². The van der Waals surface area contributed by atoms with E-state index in [1.54, 1.807) is 19.1 Å². The Balaban J connectivity index is 0.00000194. The van der Waals surface area contributed by atoms with Crippen molar-refractivity contribution in [2.75, 3.05) is 20.3 Å². The summed E-state index contributed by atoms with van der Waals surface area (Å²) in [4.78, 5) is 51.3. The molecule has 0 aliphatic carbocycles. The van der Waals surface area contributed by atoms with E-state index in [1.165, 1.54) is 39.7 Å². The third-order valence-electron chi connectivity index (χ3n) is 5.17. The SMILES string of the molecule is CCO.COC(=O)[C@@H]1C[C@@H](O)CN1C(=O)C(C)(C)NC(=O)C(C)(C)NC(=O)OCc1ccccc1. The van der Waals surface area contributed by atoms with Crippen LogP contribution in [0.5, 0.6) is 0 Å². The molecule has 2 rings (SSSR count). The van der Waals surface area contributed by atoms with Crippen molar-refractivity contribution in [1.29, 1.82) is 0 Å². The highest BCUT2D eigenvalue weighted by atomic mass is 16.5. The second kappa shape index (κ2) is 13.1. The first-order chi connectivity index (χ1) is 16.3. The van der Waals surface area contributed by atoms with E-state index in [-0.39, 0.29) is 26.2 Å². The minimum Gasteiger partial charge on any atom is -0.467 e. The summed E-state index contributed by atoms with van der Waals surface area (Å²) < 4.78 is 9.87. The molecule has 1 aliphatic heterocycles. The molecule has 0 radical (unpaired) electrons. The molecule has 3 amide bonds. The number of benzene rings is 1. The van der Waals surface area contributed by atoms with E-state index < -0.39 is 47.1 Å². The number of ether oxygens (including phenoxy) is 2. The van der Waals surface area contributed by atoms with E-state index in [0.717, 1.165) is 5.56 Å². The summed E-state index contributed by atoms with van der Waals surface area (Å²) in [5.74, 6) is -1.82. The van der Waals surface area contributed by atoms with Crippen molar-refractivity contribution in [3.05, 3.63) is 35.9 Å². The number of methoxy groups -OCH3 is 1. The first kappa shape index (κ1) is 29.9. The topological polar surface area (TPSA) is 154 Å². The summed E-state index contributed by atoms with van der Waals surface area (Å²) in [6.07, 6.45) is -1.60. The number of carbonyl (C=O) groups excluding carboxylic acids is 4. The summed E-state index contributed by atoms with van der Waals surface area (Å²) in [6.45, 7) is 7.84. The third kappa shape index (κ3) is 8.84. The number of esters is 1. The van der Waals surface area contributed by atoms with Crippen molar-refractivity contribution in [2.45, 2.75) is 70.9 Å². The number of aliphatic hydroxyl groups excluding tert-OH is 2. The summed E-state index contributed by atoms with van der Waals surface area (Å²) in [7, 11) is 1.20. The molecule has 0 unspecified atom stereocenters. The molecule has 1 aliphatic rings. The molecule has 0 aromatic heterocycles. The number of rotatable bonds is 7. The Hall–Kier alpha value is -3.18. The summed E-state index contributed by atoms with van der Waals surface area (Å²) in [5, 5.41) is 22.6. The number of alkyl carbamates (subject to hydrolysis) is 1. The van der Waals surface area contributed by atoms with Gasteiger partial charge in [0.05, 0.1) is 13.2 Å². The molecule has 0 spiro atoms. The molecule has 0 saturated carbocycles. The predicted molar refractivity (Wildman–Crippen MR) is 127 cm³/mol. The normalized spacial score (nSPS) is 17.5. The van der Waals surface area contributed by atoms with Crippen molar-refractivity contribution in [3.63, 3.8) is 0 Å². The molecular formula is C24H37N3O8. The average Bonchev–Trinajstić information content (AvgIpc) is 3.18. The van der Waals surface area contributed by atoms with Crippen molar-refractivity contribution >= 4 is 23.9 Å². The molecule has 1 fully saturated rings. The molecule has 1 aromatic carbocycles. The largest absolute Gasteiger partial charge is 0.467 e. The first-order valence-electron chi connectivity index (χ1n) is 11.3. The van der Waals surface area contributed by atoms with Gasteiger partial charge in [0.15, 0.2) is 0 Å². The fraction of sp³-hybridized carbons (Fsp3) is 0.583. The van der Waals surface area contributed by atoms with Crippen molar-refractivity contribution in [3.8, 4) is 0 Å². The van der Waals surface area contributed by atoms with E-state index in [2.05, 4.69) is 10.6 Å². The monoisotopic (exact) mass is 495 g/mol. The lowest BCUT2D eigenvalue weighted by atomic mass is 9.98. The zero-order valence-corrected chi connectivity index (χ0v) is 21.2. The molecule has 35 heavy (non-hydrogen) atoms. The van der Waals surface area contributed by atoms with E-state index >= 15 is 0 Å². The maximum atomic E-state index is 13.1. The van der Waals surface area contributed by atoms with Gasteiger partial charge < -0.3 is 35.2 Å². The maximum absolute atomic E-state index is 13.1. The Kier molecular flexibility index (Phi) is 11.1. The predicted octanol–water partition coefficient (Wildman–Crippen LogP) is 0.720. The zero-order valence-electron chi connectivity index (χ0n) is 21.2. The van der Waals surface area contributed by atoms with Crippen molar-refractivity contribution in [2.24, 2.45) is 0 Å². The molecule has 196 valence electrons. The fourth-order valence-electron chi connectivity index (χ4n) is 3.32. The van der Waals surface area contributed by atoms with Crippen LogP contribution < -0.4 is 10.6 Å². The highest BCUT2D eigenvalue weighted by Crippen LogP contribution is 2.23. The number of hydrogen-bond donors (Lipinski definition) is 4. The van der Waals surface area contributed by atoms with Gasteiger partial charge in [0, 0.05) is 19.6 Å². The number of carbonyl (C=O) groups is 4. The average molecular weight is 496 g/mol. The number of nitrogens with zero attached hydrogens (tertiary/aromatic N) is 1. The standard InChI is InChI=1S/C22H31N3O7.C2H6O/c1-21(2,24-20(30)32-13-14-9-7-6-8-10-14)18(28)23-22(3,4)19(29)25-12-15(26)11-16(25)17(27)31-5;1-2-3/h6-10,15-16,26H,11-13H2,1-5H3,(H,23,28)(H,24,30);3H,2H2,1H3/t15-,16+;/m1./s1. The van der Waals surface area contributed by atoms with Gasteiger partial charge in [-0.25, -0.2) is 9.59 Å². The molecule has 4 N–H and O–H groups in total. The Morgan fingerprint density at radius 2 is 1.63 bits per heavy atom. The van der Waals surface area contributed by atoms with Crippen LogP contribution in [0.25, 0.3) is 0 Å². The lowest BCUT2D eigenvalue weighted by Crippen LogP contribution is -2.64. The Morgan fingerprint density at radius 3 is 2.17 bits per heavy atom. The van der Waals surface area contributed by atoms with Gasteiger partial charge in [0.2, 0.25) is 11.8 Å². The molecule has 1 heterocycles. The molecule has 1 saturated heterocycles. The van der Waals surface area contributed by atoms with Crippen LogP contribution in [-0.4, -0.2) is 82.5 Å². The molecule has 1 aromatic rings. The Labute approximate surface area is 205 Å². The molecule has 11 heteroatoms. The zero-order chi connectivity index (χ0) is 26.8. The molecule has 0 bridgehead atoms. The molecule has 11 nitrogen and oxygen atoms in total. The van der Waals surface area contributed by atoms with Gasteiger partial charge in [-0.05, 0) is 40.2 Å². The number of nitrogens with one attached hydrogen (secondary N) is 2. The summed E-state index contributed by atoms with van der Waals surface area (Å²) in [6, 6.07) is 8.15. The van der Waals surface area contributed by atoms with E-state index in [0.29, 0.717) is 0 Å². The maximum Gasteiger partial charge on any atom is 0.408 e. The van der Waals surface area contributed by atoms with Crippen molar-refractivity contribution < 1.29 is 38.9 Å². The minimum atomic E-state index is -1.42. The van der Waals surface area contributed by atoms with Gasteiger partial charge in [0.1, 0.15) is 23.7 Å². The van der Waals surface area contributed by atoms with Crippen LogP contribution in [0.4, 0.5) is 4.79 Å².